The Morgan fingerprint density at radius 1 is 1.07 bits per heavy atom. The Hall–Kier alpha value is -3.86. The number of nitrogens with zero attached hydrogens (tertiary/aromatic N) is 3. The number of carbonyl (C=O) groups excluding carboxylic acids is 2. The maximum Gasteiger partial charge on any atom is 0.430 e. The van der Waals surface area contributed by atoms with Crippen molar-refractivity contribution >= 4 is 11.8 Å². The zero-order chi connectivity index (χ0) is 29.1. The van der Waals surface area contributed by atoms with Gasteiger partial charge in [-0.15, -0.1) is 0 Å². The second kappa shape index (κ2) is 11.6. The normalized spacial score (nSPS) is 20.3. The van der Waals surface area contributed by atoms with E-state index in [1.807, 2.05) is 36.5 Å². The van der Waals surface area contributed by atoms with Crippen LogP contribution in [0.2, 0.25) is 0 Å². The molecule has 2 atom stereocenters. The van der Waals surface area contributed by atoms with Gasteiger partial charge in [0, 0.05) is 57.0 Å². The predicted octanol–water partition coefficient (Wildman–Crippen LogP) is 4.28. The van der Waals surface area contributed by atoms with Gasteiger partial charge >= 0.3 is 6.18 Å². The zero-order valence-electron chi connectivity index (χ0n) is 22.8. The smallest absolute Gasteiger partial charge is 0.430 e. The lowest BCUT2D eigenvalue weighted by molar-refractivity contribution is -0.271. The highest BCUT2D eigenvalue weighted by molar-refractivity contribution is 5.88. The number of methoxy groups -OCH3 is 1. The van der Waals surface area contributed by atoms with Crippen molar-refractivity contribution < 1.29 is 32.2 Å². The summed E-state index contributed by atoms with van der Waals surface area (Å²) < 4.78 is 56.6. The van der Waals surface area contributed by atoms with E-state index in [1.54, 1.807) is 16.9 Å². The lowest BCUT2D eigenvalue weighted by Crippen LogP contribution is -2.60. The number of hydrogen-bond acceptors (Lipinski definition) is 5. The van der Waals surface area contributed by atoms with Crippen LogP contribution in [-0.4, -0.2) is 66.0 Å². The number of likely N-dealkylation sites (tertiary alicyclic amines) is 1. The van der Waals surface area contributed by atoms with Gasteiger partial charge in [-0.1, -0.05) is 48.5 Å². The van der Waals surface area contributed by atoms with Crippen molar-refractivity contribution in [2.24, 2.45) is 5.41 Å². The van der Waals surface area contributed by atoms with Crippen molar-refractivity contribution in [1.82, 2.24) is 20.0 Å². The zero-order valence-corrected chi connectivity index (χ0v) is 22.8. The summed E-state index contributed by atoms with van der Waals surface area (Å²) in [4.78, 5) is 27.5. The first-order valence-corrected chi connectivity index (χ1v) is 13.6. The molecule has 2 amide bonds. The van der Waals surface area contributed by atoms with E-state index in [9.17, 15) is 22.8 Å². The fourth-order valence-electron chi connectivity index (χ4n) is 6.26. The van der Waals surface area contributed by atoms with E-state index in [0.717, 1.165) is 12.7 Å². The molecule has 8 nitrogen and oxygen atoms in total. The maximum absolute atomic E-state index is 14.5. The summed E-state index contributed by atoms with van der Waals surface area (Å²) >= 11 is 0. The molecule has 0 saturated carbocycles. The summed E-state index contributed by atoms with van der Waals surface area (Å²) in [6, 6.07) is 16.5. The standard InChI is InChI=1S/C30H33F3N4O4/c1-40-29(30(31,32)33,22-8-3-2-4-9-22)27(39)36-16-12-28(13-17-36)20-26(38)34-21-24(28)23-10-5-6-11-25(23)41-19-18-37-15-7-14-35-37/h2-11,14-15,24H,12-13,16-21H2,1H3,(H,34,38)/t24?,29-/m1/s1. The van der Waals surface area contributed by atoms with E-state index in [2.05, 4.69) is 10.4 Å². The third kappa shape index (κ3) is 5.42. The van der Waals surface area contributed by atoms with Crippen LogP contribution in [0.25, 0.3) is 0 Å². The number of hydrogen-bond donors (Lipinski definition) is 1. The van der Waals surface area contributed by atoms with Gasteiger partial charge < -0.3 is 19.7 Å². The number of aromatic nitrogens is 2. The van der Waals surface area contributed by atoms with Crippen LogP contribution in [0.15, 0.2) is 73.1 Å². The molecule has 1 N–H and O–H groups in total. The number of rotatable bonds is 8. The molecule has 2 aliphatic rings. The molecule has 0 radical (unpaired) electrons. The van der Waals surface area contributed by atoms with Gasteiger partial charge in [-0.3, -0.25) is 14.3 Å². The van der Waals surface area contributed by atoms with Gasteiger partial charge in [-0.05, 0) is 36.0 Å². The predicted molar refractivity (Wildman–Crippen MR) is 144 cm³/mol. The Bertz CT molecular complexity index is 1340. The fraction of sp³-hybridized carbons (Fsp3) is 0.433. The van der Waals surface area contributed by atoms with Crippen LogP contribution in [0.3, 0.4) is 0 Å². The Kier molecular flexibility index (Phi) is 8.08. The monoisotopic (exact) mass is 570 g/mol. The largest absolute Gasteiger partial charge is 0.491 e. The second-order valence-electron chi connectivity index (χ2n) is 10.6. The fourth-order valence-corrected chi connectivity index (χ4v) is 6.26. The Morgan fingerprint density at radius 3 is 2.44 bits per heavy atom. The van der Waals surface area contributed by atoms with Gasteiger partial charge in [0.05, 0.1) is 6.54 Å². The lowest BCUT2D eigenvalue weighted by atomic mass is 9.62. The molecule has 5 rings (SSSR count). The molecule has 1 spiro atoms. The minimum absolute atomic E-state index is 0.0684. The summed E-state index contributed by atoms with van der Waals surface area (Å²) in [5.74, 6) is -0.697. The Labute approximate surface area is 236 Å². The Balaban J connectivity index is 1.38. The molecular formula is C30H33F3N4O4. The maximum atomic E-state index is 14.5. The third-order valence-corrected chi connectivity index (χ3v) is 8.42. The van der Waals surface area contributed by atoms with E-state index in [1.165, 1.54) is 29.2 Å². The van der Waals surface area contributed by atoms with Gasteiger partial charge in [0.15, 0.2) is 0 Å². The van der Waals surface area contributed by atoms with Crippen LogP contribution in [0.5, 0.6) is 5.75 Å². The molecule has 1 aromatic heterocycles. The van der Waals surface area contributed by atoms with Crippen LogP contribution in [-0.2, 0) is 26.5 Å². The first-order valence-electron chi connectivity index (χ1n) is 13.6. The van der Waals surface area contributed by atoms with Gasteiger partial charge in [0.1, 0.15) is 12.4 Å². The summed E-state index contributed by atoms with van der Waals surface area (Å²) in [5.41, 5.74) is -2.99. The minimum atomic E-state index is -4.98. The molecular weight excluding hydrogens is 537 g/mol. The molecule has 2 saturated heterocycles. The number of alkyl halides is 3. The van der Waals surface area contributed by atoms with Gasteiger partial charge in [-0.2, -0.15) is 18.3 Å². The number of nitrogens with one attached hydrogen (secondary N) is 1. The van der Waals surface area contributed by atoms with Crippen LogP contribution >= 0.6 is 0 Å². The van der Waals surface area contributed by atoms with Gasteiger partial charge in [-0.25, -0.2) is 0 Å². The molecule has 11 heteroatoms. The van der Waals surface area contributed by atoms with Gasteiger partial charge in [0.25, 0.3) is 11.5 Å². The molecule has 3 aromatic rings. The topological polar surface area (TPSA) is 85.7 Å². The average molecular weight is 571 g/mol. The molecule has 1 unspecified atom stereocenters. The molecule has 218 valence electrons. The quantitative estimate of drug-likeness (QED) is 0.437. The summed E-state index contributed by atoms with van der Waals surface area (Å²) in [5, 5.41) is 7.15. The highest BCUT2D eigenvalue weighted by Gasteiger charge is 2.64. The van der Waals surface area contributed by atoms with Crippen molar-refractivity contribution in [3.63, 3.8) is 0 Å². The number of amides is 2. The van der Waals surface area contributed by atoms with Crippen molar-refractivity contribution in [2.45, 2.75) is 43.5 Å². The summed E-state index contributed by atoms with van der Waals surface area (Å²) in [6.45, 7) is 1.47. The number of piperidine rings is 2. The average Bonchev–Trinajstić information content (AvgIpc) is 3.48. The summed E-state index contributed by atoms with van der Waals surface area (Å²) in [6.07, 6.45) is -0.477. The molecule has 0 bridgehead atoms. The number of benzene rings is 2. The van der Waals surface area contributed by atoms with E-state index >= 15 is 0 Å². The molecule has 2 aromatic carbocycles. The van der Waals surface area contributed by atoms with Crippen molar-refractivity contribution in [3.05, 3.63) is 84.2 Å². The number of carbonyl (C=O) groups is 2. The Morgan fingerprint density at radius 2 is 1.78 bits per heavy atom. The van der Waals surface area contributed by atoms with Crippen LogP contribution in [0.4, 0.5) is 13.2 Å². The number of halogens is 3. The highest BCUT2D eigenvalue weighted by atomic mass is 19.4. The molecule has 3 heterocycles. The lowest BCUT2D eigenvalue weighted by Gasteiger charge is -2.50. The van der Waals surface area contributed by atoms with Crippen molar-refractivity contribution in [2.75, 3.05) is 33.4 Å². The highest BCUT2D eigenvalue weighted by Crippen LogP contribution is 2.52. The SMILES string of the molecule is CO[C@@](C(=O)N1CCC2(CC1)CC(=O)NCC2c1ccccc1OCCn1cccn1)(c1ccccc1)C(F)(F)F. The minimum Gasteiger partial charge on any atom is -0.491 e. The summed E-state index contributed by atoms with van der Waals surface area (Å²) in [7, 11) is 0.911. The van der Waals surface area contributed by atoms with E-state index in [4.69, 9.17) is 9.47 Å². The van der Waals surface area contributed by atoms with Crippen molar-refractivity contribution in [3.8, 4) is 5.75 Å². The molecule has 41 heavy (non-hydrogen) atoms. The van der Waals surface area contributed by atoms with E-state index in [0.29, 0.717) is 38.3 Å². The van der Waals surface area contributed by atoms with E-state index in [-0.39, 0.29) is 36.9 Å². The number of ether oxygens (including phenoxy) is 2. The van der Waals surface area contributed by atoms with Crippen molar-refractivity contribution in [1.29, 1.82) is 0 Å². The molecule has 2 aliphatic heterocycles. The van der Waals surface area contributed by atoms with Crippen LogP contribution in [0.1, 0.15) is 36.3 Å². The van der Waals surface area contributed by atoms with Crippen LogP contribution in [0, 0.1) is 5.41 Å². The third-order valence-electron chi connectivity index (χ3n) is 8.42. The molecule has 0 aliphatic carbocycles. The van der Waals surface area contributed by atoms with Gasteiger partial charge in [0.2, 0.25) is 5.91 Å². The first kappa shape index (κ1) is 28.7. The van der Waals surface area contributed by atoms with Crippen LogP contribution < -0.4 is 10.1 Å². The molecule has 2 fully saturated rings. The first-order chi connectivity index (χ1) is 19.7. The number of para-hydroxylation sites is 1. The second-order valence-corrected chi connectivity index (χ2v) is 10.6. The van der Waals surface area contributed by atoms with E-state index < -0.39 is 23.1 Å².